The number of carbonyl (C=O) groups excluding carboxylic acids is 1. The van der Waals surface area contributed by atoms with Crippen molar-refractivity contribution in [1.82, 2.24) is 4.58 Å². The zero-order valence-electron chi connectivity index (χ0n) is 81.3. The molecule has 724 valence electrons. The van der Waals surface area contributed by atoms with Gasteiger partial charge >= 0.3 is 0 Å². The molecule has 1 aliphatic heterocycles. The first-order valence-electron chi connectivity index (χ1n) is 50.3. The Morgan fingerprint density at radius 2 is 0.674 bits per heavy atom. The molecule has 17 aromatic carbocycles. The molecule has 0 saturated carbocycles. The fraction of sp³-hybridized carbons (Fsp3) is 0.194. The molecule has 144 heavy (non-hydrogen) atoms. The van der Waals surface area contributed by atoms with Gasteiger partial charge in [-0.05, 0) is 301 Å². The SMILES string of the molecule is C.CCCCCCC1=CC(=[N+](c2ccc3ccccc3c2)c2ccc3ccccc3c2)SC1=C1C(=O)C(c2sc(N(c3ccc4ccccc4c3)c3ccc4ccccc4c3)cc2CCCCCC)=C1[O-].CCCCCCc1csc(Br)c1.CCCCCCc1csc(N(c2ccc3ccccc3c2)c2ccc3ccccc3c2)c1.O=c1c(O)c(O)c1=O.c1ccc2cc(Nc3ccc4ccccc4c3)ccc2c1. The van der Waals surface area contributed by atoms with Gasteiger partial charge in [0.05, 0.1) is 3.79 Å². The maximum absolute atomic E-state index is 15.1. The Bertz CT molecular complexity index is 7820. The number of thiophene rings is 3. The van der Waals surface area contributed by atoms with E-state index in [9.17, 15) is 9.59 Å². The number of anilines is 8. The second-order valence-corrected chi connectivity index (χ2v) is 42.1. The van der Waals surface area contributed by atoms with Crippen molar-refractivity contribution >= 4 is 220 Å². The number of rotatable bonds is 31. The Kier molecular flexibility index (Phi) is 34.4. The van der Waals surface area contributed by atoms with Crippen molar-refractivity contribution in [3.05, 3.63) is 442 Å². The van der Waals surface area contributed by atoms with Gasteiger partial charge in [0.15, 0.2) is 5.78 Å². The van der Waals surface area contributed by atoms with Crippen LogP contribution in [-0.2, 0) is 24.1 Å². The molecule has 10 nitrogen and oxygen atoms in total. The summed E-state index contributed by atoms with van der Waals surface area (Å²) in [6.45, 7) is 8.98. The zero-order chi connectivity index (χ0) is 98.5. The maximum atomic E-state index is 15.1. The monoisotopic (exact) mass is 2030 g/mol. The highest BCUT2D eigenvalue weighted by Crippen LogP contribution is 2.53. The van der Waals surface area contributed by atoms with Crippen LogP contribution in [0.3, 0.4) is 0 Å². The third kappa shape index (κ3) is 24.2. The smallest absolute Gasteiger partial charge is 0.275 e. The van der Waals surface area contributed by atoms with Crippen LogP contribution in [0.15, 0.2) is 410 Å². The molecule has 20 aromatic rings. The minimum Gasteiger partial charge on any atom is -0.871 e. The number of fused-ring (bicyclic) bond motifs is 8. The minimum absolute atomic E-state index is 0. The third-order valence-electron chi connectivity index (χ3n) is 26.7. The summed E-state index contributed by atoms with van der Waals surface area (Å²) in [7, 11) is 0. The molecule has 2 aliphatic rings. The number of thioether (sulfide) groups is 1. The lowest BCUT2D eigenvalue weighted by Gasteiger charge is -2.32. The highest BCUT2D eigenvalue weighted by molar-refractivity contribution is 9.11. The van der Waals surface area contributed by atoms with E-state index in [1.165, 1.54) is 160 Å². The van der Waals surface area contributed by atoms with E-state index in [2.05, 4.69) is 438 Å². The van der Waals surface area contributed by atoms with Crippen molar-refractivity contribution in [2.24, 2.45) is 0 Å². The molecule has 3 N–H and O–H groups in total. The number of hydrogen-bond acceptors (Lipinski definition) is 13. The molecule has 22 rings (SSSR count). The lowest BCUT2D eigenvalue weighted by molar-refractivity contribution is -0.297. The van der Waals surface area contributed by atoms with Crippen molar-refractivity contribution < 1.29 is 20.1 Å². The Labute approximate surface area is 869 Å². The van der Waals surface area contributed by atoms with Crippen molar-refractivity contribution in [3.63, 3.8) is 0 Å². The van der Waals surface area contributed by atoms with Gasteiger partial charge in [0, 0.05) is 85.4 Å². The van der Waals surface area contributed by atoms with Gasteiger partial charge in [-0.3, -0.25) is 14.4 Å². The molecule has 0 atom stereocenters. The van der Waals surface area contributed by atoms with Crippen LogP contribution in [0.1, 0.15) is 166 Å². The molecule has 0 bridgehead atoms. The van der Waals surface area contributed by atoms with Gasteiger partial charge < -0.3 is 30.4 Å². The van der Waals surface area contributed by atoms with E-state index >= 15 is 9.90 Å². The molecule has 4 heterocycles. The Morgan fingerprint density at radius 1 is 0.340 bits per heavy atom. The van der Waals surface area contributed by atoms with Gasteiger partial charge in [0.25, 0.3) is 15.9 Å². The number of unbranched alkanes of at least 4 members (excludes halogenated alkanes) is 12. The van der Waals surface area contributed by atoms with Crippen LogP contribution in [-0.4, -0.2) is 21.0 Å². The molecule has 0 radical (unpaired) electrons. The summed E-state index contributed by atoms with van der Waals surface area (Å²) in [6.07, 6.45) is 25.7. The van der Waals surface area contributed by atoms with Crippen LogP contribution in [0, 0.1) is 0 Å². The van der Waals surface area contributed by atoms with Gasteiger partial charge in [-0.2, -0.15) is 0 Å². The number of allylic oxidation sites excluding steroid dienone is 3. The molecular weight excluding hydrogens is 1910 g/mol. The normalized spacial score (nSPS) is 12.7. The Hall–Kier alpha value is -14.0. The number of benzene rings is 16. The first kappa shape index (κ1) is 101. The number of nitrogens with one attached hydrogen (secondary N) is 1. The quantitative estimate of drug-likeness (QED) is 0.0167. The topological polar surface area (TPSA) is 136 Å². The molecule has 0 amide bonds. The van der Waals surface area contributed by atoms with E-state index in [-0.39, 0.29) is 19.0 Å². The number of nitrogens with zero attached hydrogens (tertiary/aromatic N) is 3. The number of aromatic hydroxyl groups is 2. The molecule has 0 unspecified atom stereocenters. The molecule has 15 heteroatoms. The van der Waals surface area contributed by atoms with E-state index in [4.69, 9.17) is 10.2 Å². The molecule has 3 aromatic heterocycles. The first-order chi connectivity index (χ1) is 70.1. The summed E-state index contributed by atoms with van der Waals surface area (Å²) in [5, 5.41) is 62.4. The Balaban J connectivity index is 0.000000155. The van der Waals surface area contributed by atoms with Crippen molar-refractivity contribution in [2.45, 2.75) is 164 Å². The van der Waals surface area contributed by atoms with Gasteiger partial charge in [0.2, 0.25) is 22.9 Å². The highest BCUT2D eigenvalue weighted by atomic mass is 79.9. The average Bonchev–Trinajstić information content (AvgIpc) is 1.47. The van der Waals surface area contributed by atoms with Crippen LogP contribution in [0.5, 0.6) is 11.5 Å². The first-order valence-corrected chi connectivity index (χ1v) is 54.5. The lowest BCUT2D eigenvalue weighted by atomic mass is 9.83. The van der Waals surface area contributed by atoms with Crippen molar-refractivity contribution in [2.75, 3.05) is 15.1 Å². The number of ketones is 1. The largest absolute Gasteiger partial charge is 0.871 e. The molecule has 0 spiro atoms. The molecule has 0 fully saturated rings. The van der Waals surface area contributed by atoms with Crippen LogP contribution in [0.25, 0.3) is 91.8 Å². The molecular formula is C129H121BrN4O6S4. The van der Waals surface area contributed by atoms with Gasteiger partial charge in [-0.25, -0.2) is 0 Å². The fourth-order valence-corrected chi connectivity index (χ4v) is 23.7. The number of halogens is 1. The summed E-state index contributed by atoms with van der Waals surface area (Å²) in [4.78, 5) is 41.4. The van der Waals surface area contributed by atoms with Crippen molar-refractivity contribution in [1.29, 1.82) is 0 Å². The predicted molar refractivity (Wildman–Crippen MR) is 624 cm³/mol. The summed E-state index contributed by atoms with van der Waals surface area (Å²) >= 11 is 10.3. The van der Waals surface area contributed by atoms with Crippen LogP contribution in [0.2, 0.25) is 0 Å². The second kappa shape index (κ2) is 48.8. The van der Waals surface area contributed by atoms with Crippen LogP contribution in [0.4, 0.5) is 55.5 Å². The summed E-state index contributed by atoms with van der Waals surface area (Å²) in [6, 6.07) is 128. The third-order valence-corrected chi connectivity index (χ3v) is 31.6. The van der Waals surface area contributed by atoms with E-state index in [0.717, 1.165) is 151 Å². The number of hydrogen-bond donors (Lipinski definition) is 3. The zero-order valence-corrected chi connectivity index (χ0v) is 86.2. The highest BCUT2D eigenvalue weighted by Gasteiger charge is 2.40. The molecule has 0 saturated heterocycles. The second-order valence-electron chi connectivity index (χ2n) is 36.9. The lowest BCUT2D eigenvalue weighted by Crippen LogP contribution is -2.30. The van der Waals surface area contributed by atoms with E-state index in [1.54, 1.807) is 34.4 Å². The number of aryl methyl sites for hydroxylation is 3. The van der Waals surface area contributed by atoms with Gasteiger partial charge in [0.1, 0.15) is 10.0 Å². The van der Waals surface area contributed by atoms with E-state index < -0.39 is 22.4 Å². The standard InChI is InChI=1S/C64H56N2O2S2.C30H29NS.C20H15N.C10H15BrS.C4H2O4.CH4/c1-3-5-7-9-27-51-41-57(65(53-33-29-43-19-11-15-23-47(43)37-53)54-34-30-44-20-12-16-24-48(44)38-54)69-63(51)59-61(67)60(62(59)68)64-52(28-10-8-6-4-2)42-58(70-64)66(55-35-31-45-21-13-17-25-49(45)39-55)56-36-32-46-22-14-18-26-50(46)40-56;1-2-3-4-5-10-23-19-30(32-22-23)31(28-17-15-24-11-6-8-13-26(24)20-28)29-18-16-25-12-7-9-14-27(25)21-29;1-3-7-17-13-19(11-9-15(17)5-1)21-20-12-10-16-6-2-4-8-18(16)14-20;1-2-3-4-5-6-9-7-10(11)12-8-9;5-1-2(6)4(8)3(1)7;/h11-26,29-42H,3-10,27-28H2,1-2H3;6-9,11-22H,2-5,10H2,1H3;1-14,21H;7-8H,2-6H2,1H3;5-6H;1H4. The number of carbonyl (C=O) groups is 1. The fourth-order valence-electron chi connectivity index (χ4n) is 18.9. The van der Waals surface area contributed by atoms with Gasteiger partial charge in [-0.1, -0.05) is 348 Å². The van der Waals surface area contributed by atoms with Gasteiger partial charge in [-0.15, -0.1) is 38.6 Å². The summed E-state index contributed by atoms with van der Waals surface area (Å²) in [5.74, 6) is -1.92. The van der Waals surface area contributed by atoms with E-state index in [1.807, 2.05) is 11.3 Å². The predicted octanol–water partition coefficient (Wildman–Crippen LogP) is 36.8. The Morgan fingerprint density at radius 3 is 1.04 bits per heavy atom. The van der Waals surface area contributed by atoms with Crippen LogP contribution < -0.4 is 35.7 Å². The molecule has 1 aliphatic carbocycles. The van der Waals surface area contributed by atoms with Crippen LogP contribution >= 0.6 is 61.7 Å². The number of Topliss-reactive ketones (excluding diaryl/α,β-unsaturated/α-hetero) is 1. The average molecular weight is 2030 g/mol. The summed E-state index contributed by atoms with van der Waals surface area (Å²) in [5.41, 5.74) is 12.5. The maximum Gasteiger partial charge on any atom is 0.275 e. The summed E-state index contributed by atoms with van der Waals surface area (Å²) < 4.78 is 3.57. The van der Waals surface area contributed by atoms with Crippen molar-refractivity contribution in [3.8, 4) is 11.5 Å². The minimum atomic E-state index is -1.01. The van der Waals surface area contributed by atoms with E-state index in [0.29, 0.717) is 11.1 Å².